The Balaban J connectivity index is 1.26. The van der Waals surface area contributed by atoms with Crippen LogP contribution in [0.4, 0.5) is 11.4 Å². The van der Waals surface area contributed by atoms with E-state index < -0.39 is 0 Å². The van der Waals surface area contributed by atoms with Gasteiger partial charge < -0.3 is 19.9 Å². The van der Waals surface area contributed by atoms with Gasteiger partial charge in [0.25, 0.3) is 11.8 Å². The summed E-state index contributed by atoms with van der Waals surface area (Å²) in [5, 5.41) is 3.52. The van der Waals surface area contributed by atoms with E-state index in [4.69, 9.17) is 16.3 Å². The van der Waals surface area contributed by atoms with Crippen molar-refractivity contribution in [3.8, 4) is 5.75 Å². The predicted molar refractivity (Wildman–Crippen MR) is 136 cm³/mol. The second kappa shape index (κ2) is 10.6. The van der Waals surface area contributed by atoms with E-state index in [9.17, 15) is 9.59 Å². The molecule has 4 rings (SSSR count). The Morgan fingerprint density at radius 1 is 0.912 bits per heavy atom. The van der Waals surface area contributed by atoms with Crippen LogP contribution in [0.1, 0.15) is 21.5 Å². The molecule has 6 nitrogen and oxygen atoms in total. The van der Waals surface area contributed by atoms with E-state index in [0.29, 0.717) is 29.5 Å². The van der Waals surface area contributed by atoms with Crippen LogP contribution in [0, 0.1) is 13.8 Å². The average molecular weight is 478 g/mol. The van der Waals surface area contributed by atoms with Gasteiger partial charge in [-0.3, -0.25) is 9.59 Å². The molecule has 0 atom stereocenters. The van der Waals surface area contributed by atoms with Gasteiger partial charge in [0.15, 0.2) is 6.61 Å². The lowest BCUT2D eigenvalue weighted by Gasteiger charge is -2.36. The van der Waals surface area contributed by atoms with Crippen LogP contribution >= 0.6 is 11.6 Å². The van der Waals surface area contributed by atoms with Gasteiger partial charge in [-0.2, -0.15) is 0 Å². The summed E-state index contributed by atoms with van der Waals surface area (Å²) in [6, 6.07) is 20.7. The molecule has 7 heteroatoms. The Kier molecular flexibility index (Phi) is 7.38. The molecule has 1 N–H and O–H groups in total. The second-order valence-electron chi connectivity index (χ2n) is 8.39. The third-order valence-corrected chi connectivity index (χ3v) is 6.38. The number of piperazine rings is 1. The minimum absolute atomic E-state index is 0.0836. The molecule has 3 aromatic carbocycles. The molecular weight excluding hydrogens is 450 g/mol. The zero-order chi connectivity index (χ0) is 24.1. The summed E-state index contributed by atoms with van der Waals surface area (Å²) in [7, 11) is 0. The van der Waals surface area contributed by atoms with Gasteiger partial charge in [-0.1, -0.05) is 29.8 Å². The van der Waals surface area contributed by atoms with Crippen LogP contribution in [0.2, 0.25) is 5.02 Å². The topological polar surface area (TPSA) is 61.9 Å². The number of hydrogen-bond donors (Lipinski definition) is 1. The highest BCUT2D eigenvalue weighted by atomic mass is 35.5. The molecule has 1 aliphatic rings. The van der Waals surface area contributed by atoms with E-state index in [1.54, 1.807) is 18.2 Å². The van der Waals surface area contributed by atoms with Crippen molar-refractivity contribution in [1.82, 2.24) is 4.90 Å². The van der Waals surface area contributed by atoms with E-state index in [2.05, 4.69) is 10.2 Å². The number of carbonyl (C=O) groups is 2. The van der Waals surface area contributed by atoms with Gasteiger partial charge >= 0.3 is 0 Å². The summed E-state index contributed by atoms with van der Waals surface area (Å²) in [5.41, 5.74) is 4.44. The molecule has 2 amide bonds. The maximum atomic E-state index is 12.8. The third kappa shape index (κ3) is 5.69. The quantitative estimate of drug-likeness (QED) is 0.546. The van der Waals surface area contributed by atoms with Crippen LogP contribution in [-0.4, -0.2) is 49.5 Å². The van der Waals surface area contributed by atoms with Crippen molar-refractivity contribution in [3.63, 3.8) is 0 Å². The van der Waals surface area contributed by atoms with Crippen LogP contribution in [0.3, 0.4) is 0 Å². The number of nitrogens with zero attached hydrogens (tertiary/aromatic N) is 2. The molecule has 0 bridgehead atoms. The van der Waals surface area contributed by atoms with Crippen molar-refractivity contribution in [1.29, 1.82) is 0 Å². The maximum absolute atomic E-state index is 12.8. The Hall–Kier alpha value is -3.51. The molecule has 3 aromatic rings. The normalized spacial score (nSPS) is 13.5. The fraction of sp³-hybridized carbons (Fsp3) is 0.259. The lowest BCUT2D eigenvalue weighted by molar-refractivity contribution is -0.118. The molecule has 176 valence electrons. The van der Waals surface area contributed by atoms with Gasteiger partial charge in [0.1, 0.15) is 5.75 Å². The Labute approximate surface area is 205 Å². The van der Waals surface area contributed by atoms with E-state index in [0.717, 1.165) is 35.5 Å². The van der Waals surface area contributed by atoms with E-state index >= 15 is 0 Å². The van der Waals surface area contributed by atoms with Gasteiger partial charge in [0.2, 0.25) is 0 Å². The molecule has 0 saturated carbocycles. The van der Waals surface area contributed by atoms with Crippen molar-refractivity contribution in [2.45, 2.75) is 13.8 Å². The molecular formula is C27H28ClN3O3. The first-order valence-corrected chi connectivity index (χ1v) is 11.7. The number of amides is 2. The molecule has 0 aliphatic carbocycles. The number of aryl methyl sites for hydroxylation is 2. The maximum Gasteiger partial charge on any atom is 0.262 e. The highest BCUT2D eigenvalue weighted by Crippen LogP contribution is 2.22. The van der Waals surface area contributed by atoms with Gasteiger partial charge in [-0.05, 0) is 73.5 Å². The second-order valence-corrected chi connectivity index (χ2v) is 8.80. The standard InChI is InChI=1S/C27H28ClN3O3/c1-19-5-3-4-6-24(19)27(33)31-15-13-30(14-16-31)22-9-7-21(8-10-22)29-26(32)18-34-23-11-12-25(28)20(2)17-23/h3-12,17H,13-16,18H2,1-2H3,(H,29,32). The van der Waals surface area contributed by atoms with Crippen molar-refractivity contribution in [3.05, 3.63) is 88.4 Å². The van der Waals surface area contributed by atoms with Crippen molar-refractivity contribution < 1.29 is 14.3 Å². The van der Waals surface area contributed by atoms with Crippen molar-refractivity contribution in [2.75, 3.05) is 43.0 Å². The number of ether oxygens (including phenoxy) is 1. The van der Waals surface area contributed by atoms with Crippen LogP contribution in [-0.2, 0) is 4.79 Å². The van der Waals surface area contributed by atoms with Gasteiger partial charge in [-0.15, -0.1) is 0 Å². The molecule has 1 fully saturated rings. The Bertz CT molecular complexity index is 1170. The summed E-state index contributed by atoms with van der Waals surface area (Å²) < 4.78 is 5.55. The molecule has 0 spiro atoms. The van der Waals surface area contributed by atoms with E-state index in [1.165, 1.54) is 0 Å². The lowest BCUT2D eigenvalue weighted by Crippen LogP contribution is -2.48. The molecule has 0 aromatic heterocycles. The van der Waals surface area contributed by atoms with Gasteiger partial charge in [0.05, 0.1) is 0 Å². The zero-order valence-electron chi connectivity index (χ0n) is 19.4. The number of benzene rings is 3. The third-order valence-electron chi connectivity index (χ3n) is 5.96. The van der Waals surface area contributed by atoms with Gasteiger partial charge in [0, 0.05) is 48.1 Å². The number of hydrogen-bond acceptors (Lipinski definition) is 4. The van der Waals surface area contributed by atoms with Crippen LogP contribution in [0.15, 0.2) is 66.7 Å². The zero-order valence-corrected chi connectivity index (χ0v) is 20.1. The fourth-order valence-corrected chi connectivity index (χ4v) is 4.08. The van der Waals surface area contributed by atoms with Crippen molar-refractivity contribution >= 4 is 34.8 Å². The minimum Gasteiger partial charge on any atom is -0.484 e. The molecule has 1 saturated heterocycles. The summed E-state index contributed by atoms with van der Waals surface area (Å²) in [6.45, 7) is 6.64. The first-order chi connectivity index (χ1) is 16.4. The molecule has 1 aliphatic heterocycles. The monoisotopic (exact) mass is 477 g/mol. The molecule has 0 unspecified atom stereocenters. The van der Waals surface area contributed by atoms with E-state index in [-0.39, 0.29) is 18.4 Å². The van der Waals surface area contributed by atoms with Crippen LogP contribution in [0.25, 0.3) is 0 Å². The Morgan fingerprint density at radius 2 is 1.62 bits per heavy atom. The average Bonchev–Trinajstić information content (AvgIpc) is 2.85. The minimum atomic E-state index is -0.233. The number of rotatable bonds is 6. The Morgan fingerprint density at radius 3 is 2.29 bits per heavy atom. The van der Waals surface area contributed by atoms with Crippen LogP contribution < -0.4 is 15.0 Å². The highest BCUT2D eigenvalue weighted by Gasteiger charge is 2.23. The smallest absolute Gasteiger partial charge is 0.262 e. The van der Waals surface area contributed by atoms with E-state index in [1.807, 2.05) is 67.3 Å². The fourth-order valence-electron chi connectivity index (χ4n) is 3.96. The highest BCUT2D eigenvalue weighted by molar-refractivity contribution is 6.31. The summed E-state index contributed by atoms with van der Waals surface area (Å²) in [5.74, 6) is 0.461. The van der Waals surface area contributed by atoms with Gasteiger partial charge in [-0.25, -0.2) is 0 Å². The molecule has 0 radical (unpaired) electrons. The number of anilines is 2. The number of carbonyl (C=O) groups excluding carboxylic acids is 2. The summed E-state index contributed by atoms with van der Waals surface area (Å²) in [4.78, 5) is 29.3. The SMILES string of the molecule is Cc1cc(OCC(=O)Nc2ccc(N3CCN(C(=O)c4ccccc4C)CC3)cc2)ccc1Cl. The van der Waals surface area contributed by atoms with Crippen LogP contribution in [0.5, 0.6) is 5.75 Å². The predicted octanol–water partition coefficient (Wildman–Crippen LogP) is 4.94. The first kappa shape index (κ1) is 23.6. The molecule has 1 heterocycles. The number of nitrogens with one attached hydrogen (secondary N) is 1. The number of halogens is 1. The summed E-state index contributed by atoms with van der Waals surface area (Å²) in [6.07, 6.45) is 0. The van der Waals surface area contributed by atoms with Crippen molar-refractivity contribution in [2.24, 2.45) is 0 Å². The largest absolute Gasteiger partial charge is 0.484 e. The summed E-state index contributed by atoms with van der Waals surface area (Å²) >= 11 is 6.02. The lowest BCUT2D eigenvalue weighted by atomic mass is 10.1. The molecule has 34 heavy (non-hydrogen) atoms. The first-order valence-electron chi connectivity index (χ1n) is 11.3.